The molecule has 15 heterocycles. The second kappa shape index (κ2) is 35.0. The number of aromatic nitrogens is 12. The Balaban J connectivity index is 0.000000143. The Morgan fingerprint density at radius 3 is 1.21 bits per heavy atom. The summed E-state index contributed by atoms with van der Waals surface area (Å²) in [6.07, 6.45) is 8.68. The van der Waals surface area contributed by atoms with Crippen molar-refractivity contribution < 1.29 is 60.8 Å². The number of likely N-dealkylation sites (N-methyl/N-ethyl adjacent to an activating group) is 1. The lowest BCUT2D eigenvalue weighted by Crippen LogP contribution is -2.57. The highest BCUT2D eigenvalue weighted by atomic mass is 35.5. The van der Waals surface area contributed by atoms with E-state index in [-0.39, 0.29) is 139 Å². The zero-order valence-electron chi connectivity index (χ0n) is 71.8. The van der Waals surface area contributed by atoms with E-state index in [1.807, 2.05) is 81.9 Å². The van der Waals surface area contributed by atoms with Gasteiger partial charge in [-0.05, 0) is 128 Å². The van der Waals surface area contributed by atoms with Gasteiger partial charge in [-0.3, -0.25) is 29.3 Å². The minimum Gasteiger partial charge on any atom is -0.507 e. The van der Waals surface area contributed by atoms with Crippen LogP contribution in [0.2, 0.25) is 15.1 Å². The third-order valence-electron chi connectivity index (χ3n) is 24.0. The lowest BCUT2D eigenvalue weighted by Gasteiger charge is -2.41. The number of pyridine rings is 6. The number of carbonyl (C=O) groups excluding carboxylic acids is 3. The highest BCUT2D eigenvalue weighted by molar-refractivity contribution is 6.39. The number of carbonyl (C=O) groups is 3. The van der Waals surface area contributed by atoms with Crippen LogP contribution in [0.4, 0.5) is 55.2 Å². The number of rotatable bonds is 12. The normalized spacial score (nSPS) is 16.3. The molecule has 130 heavy (non-hydrogen) atoms. The number of ether oxygens (including phenoxy) is 1. The fourth-order valence-corrected chi connectivity index (χ4v) is 18.8. The van der Waals surface area contributed by atoms with Crippen LogP contribution in [0.25, 0.3) is 83.9 Å². The number of nitrogens with zero attached hydrogens (tertiary/aromatic N) is 19. The van der Waals surface area contributed by atoms with Gasteiger partial charge in [-0.1, -0.05) is 96.1 Å². The van der Waals surface area contributed by atoms with E-state index in [9.17, 15) is 57.3 Å². The highest BCUT2D eigenvalue weighted by Gasteiger charge is 2.44. The SMILES string of the molecule is C=CC(=O)N1CCN2c3nc(=O)n(-c4c(C)ccnc4C(C)C)c4nc(-c5c(O)ccc(F)c5F)c(Cl)c(c34)N(C)CC2C1.C=CC(=O)N1CCN2c3nc(=O)n(-c4c(C)ccnc4C(C)C)c4nc(-c5c(O)ccc(F)c5F)c(Cl)c(c34)NCC2C1.C=CC(=O)N1CCN2c3nc(=O)n(-c4c(C)ccnc4C(C)C)c4nc(-c5c(O)ccc(F)c5F)c(Cl)c(c34)OCC2C1. The van der Waals surface area contributed by atoms with Crippen molar-refractivity contribution in [1.29, 1.82) is 0 Å². The van der Waals surface area contributed by atoms with E-state index >= 15 is 13.2 Å². The first kappa shape index (κ1) is 89.6. The van der Waals surface area contributed by atoms with Crippen LogP contribution in [0.15, 0.2) is 126 Å². The van der Waals surface area contributed by atoms with Gasteiger partial charge in [-0.25, -0.2) is 69.4 Å². The maximum atomic E-state index is 15.4. The van der Waals surface area contributed by atoms with Gasteiger partial charge in [0.15, 0.2) is 57.6 Å². The van der Waals surface area contributed by atoms with E-state index in [4.69, 9.17) is 44.5 Å². The maximum absolute atomic E-state index is 15.4. The van der Waals surface area contributed by atoms with Gasteiger partial charge in [0.25, 0.3) is 0 Å². The summed E-state index contributed by atoms with van der Waals surface area (Å²) in [6.45, 7) is 31.5. The van der Waals surface area contributed by atoms with Gasteiger partial charge >= 0.3 is 17.1 Å². The van der Waals surface area contributed by atoms with Gasteiger partial charge in [0.1, 0.15) is 68.8 Å². The number of anilines is 5. The molecule has 4 N–H and O–H groups in total. The summed E-state index contributed by atoms with van der Waals surface area (Å²) in [5.74, 6) is -9.52. The first-order valence-electron chi connectivity index (χ1n) is 41.5. The Bertz CT molecular complexity index is 6750. The van der Waals surface area contributed by atoms with Crippen LogP contribution in [-0.4, -0.2) is 210 Å². The molecule has 6 aliphatic rings. The lowest BCUT2D eigenvalue weighted by atomic mass is 10.0. The Kier molecular flexibility index (Phi) is 24.2. The van der Waals surface area contributed by atoms with E-state index in [2.05, 4.69) is 64.9 Å². The van der Waals surface area contributed by atoms with E-state index in [0.717, 1.165) is 42.0 Å². The summed E-state index contributed by atoms with van der Waals surface area (Å²) in [7, 11) is 1.78. The number of amides is 3. The summed E-state index contributed by atoms with van der Waals surface area (Å²) in [5, 5.41) is 36.1. The van der Waals surface area contributed by atoms with Crippen LogP contribution < -0.4 is 46.7 Å². The zero-order chi connectivity index (χ0) is 93.1. The highest BCUT2D eigenvalue weighted by Crippen LogP contribution is 2.52. The van der Waals surface area contributed by atoms with Gasteiger partial charge < -0.3 is 59.7 Å². The molecule has 3 unspecified atom stereocenters. The number of phenols is 3. The molecule has 12 aromatic rings. The third-order valence-corrected chi connectivity index (χ3v) is 25.1. The average molecular weight is 1840 g/mol. The molecule has 3 aromatic carbocycles. The molecule has 672 valence electrons. The van der Waals surface area contributed by atoms with Crippen molar-refractivity contribution in [3.63, 3.8) is 0 Å². The summed E-state index contributed by atoms with van der Waals surface area (Å²) >= 11 is 20.7. The molecular formula is C91H85Cl3F6N20O10. The summed E-state index contributed by atoms with van der Waals surface area (Å²) < 4.78 is 99.5. The van der Waals surface area contributed by atoms with Crippen LogP contribution in [0.5, 0.6) is 23.0 Å². The number of nitrogens with one attached hydrogen (secondary N) is 1. The monoisotopic (exact) mass is 1840 g/mol. The topological polar surface area (TPSA) is 338 Å². The predicted octanol–water partition coefficient (Wildman–Crippen LogP) is 13.6. The Hall–Kier alpha value is -13.7. The van der Waals surface area contributed by atoms with Crippen molar-refractivity contribution >= 4 is 114 Å². The molecule has 3 fully saturated rings. The first-order valence-corrected chi connectivity index (χ1v) is 42.6. The Labute approximate surface area is 753 Å². The largest absolute Gasteiger partial charge is 0.507 e. The summed E-state index contributed by atoms with van der Waals surface area (Å²) in [5.41, 5.74) is 1.62. The zero-order valence-corrected chi connectivity index (χ0v) is 74.1. The molecule has 6 aliphatic heterocycles. The first-order chi connectivity index (χ1) is 62.0. The minimum atomic E-state index is -1.37. The molecule has 9 aromatic heterocycles. The second-order valence-corrected chi connectivity index (χ2v) is 34.2. The number of phenolic OH excluding ortho intramolecular Hbond substituents is 3. The molecule has 39 heteroatoms. The van der Waals surface area contributed by atoms with Crippen LogP contribution in [-0.2, 0) is 14.4 Å². The Morgan fingerprint density at radius 1 is 0.454 bits per heavy atom. The van der Waals surface area contributed by atoms with Crippen molar-refractivity contribution in [3.05, 3.63) is 226 Å². The summed E-state index contributed by atoms with van der Waals surface area (Å²) in [6, 6.07) is 9.64. The van der Waals surface area contributed by atoms with Crippen molar-refractivity contribution in [2.24, 2.45) is 0 Å². The fraction of sp³-hybridized carbons (Fsp3) is 0.308. The number of hydrogen-bond donors (Lipinski definition) is 4. The van der Waals surface area contributed by atoms with Crippen LogP contribution >= 0.6 is 34.8 Å². The molecular weight excluding hydrogens is 1750 g/mol. The van der Waals surface area contributed by atoms with E-state index in [1.54, 1.807) is 58.5 Å². The number of aromatic hydroxyl groups is 3. The molecule has 0 saturated carbocycles. The molecule has 0 radical (unpaired) electrons. The fourth-order valence-electron chi connectivity index (χ4n) is 17.8. The molecule has 0 spiro atoms. The van der Waals surface area contributed by atoms with Crippen molar-refractivity contribution in [2.75, 3.05) is 111 Å². The third kappa shape index (κ3) is 15.2. The van der Waals surface area contributed by atoms with Crippen molar-refractivity contribution in [3.8, 4) is 73.8 Å². The van der Waals surface area contributed by atoms with Crippen LogP contribution in [0.3, 0.4) is 0 Å². The molecule has 18 rings (SSSR count). The second-order valence-electron chi connectivity index (χ2n) is 33.0. The predicted molar refractivity (Wildman–Crippen MR) is 482 cm³/mol. The minimum absolute atomic E-state index is 0.00992. The van der Waals surface area contributed by atoms with Crippen molar-refractivity contribution in [2.45, 2.75) is 98.2 Å². The van der Waals surface area contributed by atoms with E-state index in [0.29, 0.717) is 132 Å². The quantitative estimate of drug-likeness (QED) is 0.0652. The molecule has 3 atom stereocenters. The number of halogens is 9. The average Bonchev–Trinajstić information content (AvgIpc) is 1.37. The number of hydrogen-bond acceptors (Lipinski definition) is 24. The standard InChI is InChI=1S/C31H30ClF2N7O3.C30H28ClF2N7O3.C30H27ClF2N6O4/c1-6-20(43)39-11-12-40-17(14-39)13-38(5)28-22-29(40)37-31(44)41(27-16(4)9-10-35-25(27)15(2)3)30(22)36-26(23(28)32)21-19(42)8-7-18(33)24(21)34;1-5-19(42)38-10-11-39-16(13-38)12-35-25-21-28(39)37-30(43)40(27-15(4)8-9-34-24(27)14(2)3)29(21)36-26(22(25)31)20-18(41)7-6-17(32)23(20)33;1-5-19(41)37-10-11-38-16(12-37)13-43-27-21-28(38)36-30(42)39(26-15(4)8-9-34-24(26)14(2)3)29(21)35-25(22(27)31)20-18(40)7-6-17(32)23(20)33/h6-10,15,17,42H,1,11-14H2,2-5H3;5-9,14,16,35,41H,1,10-13H2,2-4H3;5-9,14,16,40H,1,10-13H2,2-4H3. The van der Waals surface area contributed by atoms with Gasteiger partial charge in [-0.2, -0.15) is 15.0 Å². The molecule has 3 saturated heterocycles. The molecule has 0 aliphatic carbocycles. The van der Waals surface area contributed by atoms with Gasteiger partial charge in [0.2, 0.25) is 17.7 Å². The summed E-state index contributed by atoms with van der Waals surface area (Å²) in [4.78, 5) is 133. The van der Waals surface area contributed by atoms with Crippen molar-refractivity contribution in [1.82, 2.24) is 73.3 Å². The lowest BCUT2D eigenvalue weighted by molar-refractivity contribution is -0.127. The Morgan fingerprint density at radius 2 is 0.800 bits per heavy atom. The number of fused-ring (bicyclic) bond motifs is 6. The smallest absolute Gasteiger partial charge is 0.355 e. The van der Waals surface area contributed by atoms with Crippen LogP contribution in [0, 0.1) is 55.7 Å². The van der Waals surface area contributed by atoms with E-state index < -0.39 is 92.0 Å². The molecule has 0 bridgehead atoms. The van der Waals surface area contributed by atoms with E-state index in [1.165, 1.54) is 31.9 Å². The molecule has 30 nitrogen and oxygen atoms in total. The molecule has 3 amide bonds. The van der Waals surface area contributed by atoms with Gasteiger partial charge in [0, 0.05) is 97.6 Å². The number of aryl methyl sites for hydroxylation is 3. The maximum Gasteiger partial charge on any atom is 0.355 e. The number of benzene rings is 3. The van der Waals surface area contributed by atoms with Gasteiger partial charge in [0.05, 0.1) is 101 Å². The number of piperazine rings is 3. The van der Waals surface area contributed by atoms with Gasteiger partial charge in [-0.15, -0.1) is 0 Å². The van der Waals surface area contributed by atoms with Crippen LogP contribution in [0.1, 0.15) is 93.1 Å².